The van der Waals surface area contributed by atoms with Crippen LogP contribution in [0.2, 0.25) is 0 Å². The van der Waals surface area contributed by atoms with Gasteiger partial charge >= 0.3 is 0 Å². The van der Waals surface area contributed by atoms with E-state index < -0.39 is 0 Å². The largest absolute Gasteiger partial charge is 0.244 e. The summed E-state index contributed by atoms with van der Waals surface area (Å²) in [6.45, 7) is 9.52. The molecule has 6 aromatic rings. The van der Waals surface area contributed by atoms with Gasteiger partial charge in [0.1, 0.15) is 0 Å². The van der Waals surface area contributed by atoms with Gasteiger partial charge in [0.15, 0.2) is 0 Å². The summed E-state index contributed by atoms with van der Waals surface area (Å²) in [6, 6.07) is 43.0. The van der Waals surface area contributed by atoms with Gasteiger partial charge in [-0.1, -0.05) is 137 Å². The molecule has 1 aliphatic rings. The zero-order chi connectivity index (χ0) is 27.5. The molecule has 2 nitrogen and oxygen atoms in total. The van der Waals surface area contributed by atoms with E-state index in [4.69, 9.17) is 9.97 Å². The lowest BCUT2D eigenvalue weighted by Crippen LogP contribution is -2.43. The van der Waals surface area contributed by atoms with Crippen LogP contribution in [0.15, 0.2) is 121 Å². The summed E-state index contributed by atoms with van der Waals surface area (Å²) >= 11 is 0. The molecular formula is C38H32N2. The van der Waals surface area contributed by atoms with Crippen molar-refractivity contribution in [1.82, 2.24) is 9.97 Å². The topological polar surface area (TPSA) is 25.8 Å². The van der Waals surface area contributed by atoms with Crippen molar-refractivity contribution in [3.63, 3.8) is 0 Å². The monoisotopic (exact) mass is 516 g/mol. The summed E-state index contributed by atoms with van der Waals surface area (Å²) in [6.07, 6.45) is 0. The normalized spacial score (nSPS) is 14.9. The molecule has 0 saturated carbocycles. The van der Waals surface area contributed by atoms with Gasteiger partial charge in [-0.2, -0.15) is 0 Å². The Balaban J connectivity index is 1.47. The molecule has 0 saturated heterocycles. The van der Waals surface area contributed by atoms with Gasteiger partial charge < -0.3 is 0 Å². The van der Waals surface area contributed by atoms with Crippen LogP contribution < -0.4 is 0 Å². The summed E-state index contributed by atoms with van der Waals surface area (Å²) < 4.78 is 0. The van der Waals surface area contributed by atoms with Gasteiger partial charge in [-0.15, -0.1) is 0 Å². The van der Waals surface area contributed by atoms with Gasteiger partial charge in [0.2, 0.25) is 0 Å². The van der Waals surface area contributed by atoms with E-state index in [1.807, 2.05) is 12.1 Å². The molecule has 40 heavy (non-hydrogen) atoms. The van der Waals surface area contributed by atoms with Crippen LogP contribution >= 0.6 is 0 Å². The Morgan fingerprint density at radius 1 is 0.425 bits per heavy atom. The Morgan fingerprint density at radius 3 is 1.68 bits per heavy atom. The Morgan fingerprint density at radius 2 is 0.975 bits per heavy atom. The second-order valence-corrected chi connectivity index (χ2v) is 11.9. The van der Waals surface area contributed by atoms with Crippen LogP contribution in [0.5, 0.6) is 0 Å². The highest BCUT2D eigenvalue weighted by Gasteiger charge is 2.45. The molecule has 1 aromatic heterocycles. The van der Waals surface area contributed by atoms with E-state index in [1.54, 1.807) is 0 Å². The molecule has 194 valence electrons. The molecule has 0 spiro atoms. The van der Waals surface area contributed by atoms with E-state index in [0.29, 0.717) is 0 Å². The van der Waals surface area contributed by atoms with E-state index in [-0.39, 0.29) is 10.8 Å². The maximum absolute atomic E-state index is 5.35. The molecule has 0 atom stereocenters. The van der Waals surface area contributed by atoms with Crippen LogP contribution in [0.3, 0.4) is 0 Å². The molecule has 0 fully saturated rings. The van der Waals surface area contributed by atoms with Crippen molar-refractivity contribution in [2.24, 2.45) is 0 Å². The predicted octanol–water partition coefficient (Wildman–Crippen LogP) is 9.87. The molecule has 0 N–H and O–H groups in total. The molecule has 7 rings (SSSR count). The summed E-state index contributed by atoms with van der Waals surface area (Å²) in [5.74, 6) is 0. The van der Waals surface area contributed by atoms with Crippen LogP contribution in [0.25, 0.3) is 55.8 Å². The minimum atomic E-state index is -0.0569. The molecule has 0 radical (unpaired) electrons. The molecule has 0 bridgehead atoms. The van der Waals surface area contributed by atoms with E-state index in [0.717, 1.165) is 39.1 Å². The number of rotatable bonds is 3. The lowest BCUT2D eigenvalue weighted by Gasteiger charge is -2.48. The fourth-order valence-corrected chi connectivity index (χ4v) is 6.30. The quantitative estimate of drug-likeness (QED) is 0.234. The predicted molar refractivity (Wildman–Crippen MR) is 167 cm³/mol. The molecular weight excluding hydrogens is 484 g/mol. The highest BCUT2D eigenvalue weighted by atomic mass is 14.8. The Bertz CT molecular complexity index is 1880. The maximum atomic E-state index is 5.35. The molecule has 1 aliphatic carbocycles. The smallest absolute Gasteiger partial charge is 0.0973 e. The molecule has 5 aromatic carbocycles. The number of nitrogens with zero attached hydrogens (tertiary/aromatic N) is 2. The number of hydrogen-bond donors (Lipinski definition) is 0. The maximum Gasteiger partial charge on any atom is 0.0973 e. The van der Waals surface area contributed by atoms with Gasteiger partial charge in [-0.25, -0.2) is 9.97 Å². The number of aromatic nitrogens is 2. The van der Waals surface area contributed by atoms with Crippen molar-refractivity contribution in [1.29, 1.82) is 0 Å². The third-order valence-corrected chi connectivity index (χ3v) is 9.25. The standard InChI is InChI=1S/C38H32N2/c1-37(2)31-20-12-11-18-29(31)30-23-22-27(24-32(30)38(37,3)4)28-19-13-21-33-36(28)40-35(26-16-9-6-10-17-26)34(39-33)25-14-7-5-8-15-25/h5-24H,1-4H3. The number of hydrogen-bond acceptors (Lipinski definition) is 2. The summed E-state index contributed by atoms with van der Waals surface area (Å²) in [5, 5.41) is 0. The summed E-state index contributed by atoms with van der Waals surface area (Å²) in [5.41, 5.74) is 13.4. The van der Waals surface area contributed by atoms with Crippen LogP contribution in [0.1, 0.15) is 38.8 Å². The van der Waals surface area contributed by atoms with Crippen LogP contribution in [0.4, 0.5) is 0 Å². The van der Waals surface area contributed by atoms with Crippen molar-refractivity contribution < 1.29 is 0 Å². The first-order valence-corrected chi connectivity index (χ1v) is 14.0. The third-order valence-electron chi connectivity index (χ3n) is 9.25. The minimum absolute atomic E-state index is 0.0150. The van der Waals surface area contributed by atoms with Crippen molar-refractivity contribution in [2.75, 3.05) is 0 Å². The highest BCUT2D eigenvalue weighted by molar-refractivity contribution is 5.96. The van der Waals surface area contributed by atoms with Crippen LogP contribution in [-0.2, 0) is 10.8 Å². The van der Waals surface area contributed by atoms with Crippen molar-refractivity contribution in [3.8, 4) is 44.8 Å². The van der Waals surface area contributed by atoms with Crippen molar-refractivity contribution in [3.05, 3.63) is 132 Å². The van der Waals surface area contributed by atoms with Crippen LogP contribution in [0, 0.1) is 0 Å². The first-order chi connectivity index (χ1) is 19.4. The third kappa shape index (κ3) is 3.63. The molecule has 0 amide bonds. The number of benzene rings is 5. The second kappa shape index (κ2) is 8.99. The Kier molecular flexibility index (Phi) is 5.50. The summed E-state index contributed by atoms with van der Waals surface area (Å²) in [4.78, 5) is 10.6. The molecule has 2 heteroatoms. The zero-order valence-corrected chi connectivity index (χ0v) is 23.4. The van der Waals surface area contributed by atoms with Gasteiger partial charge in [-0.3, -0.25) is 0 Å². The van der Waals surface area contributed by atoms with Crippen molar-refractivity contribution >= 4 is 11.0 Å². The first kappa shape index (κ1) is 24.5. The fraction of sp³-hybridized carbons (Fsp3) is 0.158. The molecule has 0 unspecified atom stereocenters. The zero-order valence-electron chi connectivity index (χ0n) is 23.4. The second-order valence-electron chi connectivity index (χ2n) is 11.9. The average Bonchev–Trinajstić information content (AvgIpc) is 3.00. The van der Waals surface area contributed by atoms with Gasteiger partial charge in [0, 0.05) is 16.7 Å². The Hall–Kier alpha value is -4.56. The molecule has 0 aliphatic heterocycles. The van der Waals surface area contributed by atoms with Gasteiger partial charge in [0.05, 0.1) is 22.4 Å². The first-order valence-electron chi connectivity index (χ1n) is 14.0. The molecule has 1 heterocycles. The van der Waals surface area contributed by atoms with Gasteiger partial charge in [0.25, 0.3) is 0 Å². The number of fused-ring (bicyclic) bond motifs is 4. The van der Waals surface area contributed by atoms with Crippen LogP contribution in [-0.4, -0.2) is 9.97 Å². The SMILES string of the molecule is CC1(C)c2ccccc2-c2ccc(-c3cccc4nc(-c5ccccc5)c(-c5ccccc5)nc34)cc2C1(C)C. The van der Waals surface area contributed by atoms with E-state index in [1.165, 1.54) is 27.8 Å². The highest BCUT2D eigenvalue weighted by Crippen LogP contribution is 2.54. The van der Waals surface area contributed by atoms with E-state index >= 15 is 0 Å². The van der Waals surface area contributed by atoms with Crippen molar-refractivity contribution in [2.45, 2.75) is 38.5 Å². The van der Waals surface area contributed by atoms with E-state index in [9.17, 15) is 0 Å². The Labute approximate surface area is 236 Å². The van der Waals surface area contributed by atoms with Gasteiger partial charge in [-0.05, 0) is 50.8 Å². The lowest BCUT2D eigenvalue weighted by atomic mass is 9.55. The van der Waals surface area contributed by atoms with E-state index in [2.05, 4.69) is 137 Å². The minimum Gasteiger partial charge on any atom is -0.244 e. The fourth-order valence-electron chi connectivity index (χ4n) is 6.30. The lowest BCUT2D eigenvalue weighted by molar-refractivity contribution is 0.299. The average molecular weight is 517 g/mol. The number of para-hydroxylation sites is 1. The summed E-state index contributed by atoms with van der Waals surface area (Å²) in [7, 11) is 0.